The molecule has 0 spiro atoms. The molecule has 3 nitrogen and oxygen atoms in total. The molecular formula is C20H22ClN3. The van der Waals surface area contributed by atoms with Crippen LogP contribution in [0.5, 0.6) is 0 Å². The largest absolute Gasteiger partial charge is 0.308 e. The van der Waals surface area contributed by atoms with Crippen molar-refractivity contribution < 1.29 is 0 Å². The second kappa shape index (κ2) is 7.65. The normalized spacial score (nSPS) is 11.2. The second-order valence-corrected chi connectivity index (χ2v) is 6.50. The average molecular weight is 340 g/mol. The third-order valence-electron chi connectivity index (χ3n) is 3.97. The molecule has 0 atom stereocenters. The summed E-state index contributed by atoms with van der Waals surface area (Å²) in [5, 5.41) is 8.92. The van der Waals surface area contributed by atoms with Crippen LogP contribution < -0.4 is 5.32 Å². The summed E-state index contributed by atoms with van der Waals surface area (Å²) in [5.41, 5.74) is 4.37. The molecule has 0 unspecified atom stereocenters. The maximum Gasteiger partial charge on any atom is 0.137 e. The molecule has 2 aromatic carbocycles. The highest BCUT2D eigenvalue weighted by molar-refractivity contribution is 6.30. The minimum atomic E-state index is 0.320. The molecule has 0 saturated carbocycles. The lowest BCUT2D eigenvalue weighted by molar-refractivity contribution is 0.679. The Labute approximate surface area is 148 Å². The third kappa shape index (κ3) is 3.69. The van der Waals surface area contributed by atoms with Crippen LogP contribution in [0.2, 0.25) is 5.15 Å². The zero-order valence-electron chi connectivity index (χ0n) is 14.0. The Balaban J connectivity index is 1.82. The van der Waals surface area contributed by atoms with Crippen molar-refractivity contribution in [1.82, 2.24) is 15.1 Å². The first kappa shape index (κ1) is 16.7. The fraction of sp³-hybridized carbons (Fsp3) is 0.250. The maximum absolute atomic E-state index is 6.65. The molecule has 0 aliphatic rings. The molecule has 4 heteroatoms. The van der Waals surface area contributed by atoms with Gasteiger partial charge in [0.15, 0.2) is 0 Å². The fourth-order valence-electron chi connectivity index (χ4n) is 2.74. The van der Waals surface area contributed by atoms with Crippen LogP contribution in [0.1, 0.15) is 36.6 Å². The fourth-order valence-corrected chi connectivity index (χ4v) is 3.04. The second-order valence-electron chi connectivity index (χ2n) is 6.15. The number of benzene rings is 2. The average Bonchev–Trinajstić information content (AvgIpc) is 2.94. The molecule has 0 amide bonds. The minimum absolute atomic E-state index is 0.320. The monoisotopic (exact) mass is 339 g/mol. The van der Waals surface area contributed by atoms with Gasteiger partial charge in [-0.2, -0.15) is 5.10 Å². The number of nitrogens with zero attached hydrogens (tertiary/aromatic N) is 2. The lowest BCUT2D eigenvalue weighted by Crippen LogP contribution is -2.14. The quantitative estimate of drug-likeness (QED) is 0.689. The highest BCUT2D eigenvalue weighted by Crippen LogP contribution is 2.28. The molecule has 0 saturated heterocycles. The number of hydrogen-bond donors (Lipinski definition) is 1. The van der Waals surface area contributed by atoms with Crippen LogP contribution in [0, 0.1) is 0 Å². The van der Waals surface area contributed by atoms with Gasteiger partial charge in [0.1, 0.15) is 5.15 Å². The molecule has 0 bridgehead atoms. The van der Waals surface area contributed by atoms with Crippen molar-refractivity contribution in [2.45, 2.75) is 32.9 Å². The van der Waals surface area contributed by atoms with Gasteiger partial charge in [0.05, 0.1) is 11.4 Å². The van der Waals surface area contributed by atoms with E-state index >= 15 is 0 Å². The molecule has 124 valence electrons. The summed E-state index contributed by atoms with van der Waals surface area (Å²) < 4.78 is 1.83. The predicted molar refractivity (Wildman–Crippen MR) is 99.6 cm³/mol. The molecule has 0 aliphatic heterocycles. The summed E-state index contributed by atoms with van der Waals surface area (Å²) >= 11 is 6.65. The lowest BCUT2D eigenvalue weighted by atomic mass is 10.1. The SMILES string of the molecule is CC(C)c1nn(-c2ccccc2)c(Cl)c1CNCc1ccccc1. The zero-order chi connectivity index (χ0) is 16.9. The van der Waals surface area contributed by atoms with Crippen molar-refractivity contribution >= 4 is 11.6 Å². The van der Waals surface area contributed by atoms with E-state index in [9.17, 15) is 0 Å². The number of hydrogen-bond acceptors (Lipinski definition) is 2. The van der Waals surface area contributed by atoms with Gasteiger partial charge in [0.2, 0.25) is 0 Å². The van der Waals surface area contributed by atoms with Crippen molar-refractivity contribution in [3.8, 4) is 5.69 Å². The predicted octanol–water partition coefficient (Wildman–Crippen LogP) is 4.94. The van der Waals surface area contributed by atoms with Gasteiger partial charge in [-0.3, -0.25) is 0 Å². The van der Waals surface area contributed by atoms with Crippen LogP contribution in [0.4, 0.5) is 0 Å². The molecule has 3 rings (SSSR count). The Morgan fingerprint density at radius 3 is 2.21 bits per heavy atom. The molecular weight excluding hydrogens is 318 g/mol. The van der Waals surface area contributed by atoms with Crippen molar-refractivity contribution in [2.24, 2.45) is 0 Å². The highest BCUT2D eigenvalue weighted by Gasteiger charge is 2.19. The Kier molecular flexibility index (Phi) is 5.34. The number of halogens is 1. The van der Waals surface area contributed by atoms with Crippen molar-refractivity contribution in [3.05, 3.63) is 82.6 Å². The zero-order valence-corrected chi connectivity index (χ0v) is 14.8. The molecule has 24 heavy (non-hydrogen) atoms. The van der Waals surface area contributed by atoms with Gasteiger partial charge in [-0.25, -0.2) is 4.68 Å². The smallest absolute Gasteiger partial charge is 0.137 e. The van der Waals surface area contributed by atoms with Crippen molar-refractivity contribution in [3.63, 3.8) is 0 Å². The Hall–Kier alpha value is -2.10. The van der Waals surface area contributed by atoms with Crippen LogP contribution >= 0.6 is 11.6 Å². The Morgan fingerprint density at radius 2 is 1.58 bits per heavy atom. The first-order chi connectivity index (χ1) is 11.7. The van der Waals surface area contributed by atoms with E-state index in [0.717, 1.165) is 23.5 Å². The molecule has 0 aliphatic carbocycles. The summed E-state index contributed by atoms with van der Waals surface area (Å²) in [6.07, 6.45) is 0. The summed E-state index contributed by atoms with van der Waals surface area (Å²) in [7, 11) is 0. The minimum Gasteiger partial charge on any atom is -0.308 e. The Morgan fingerprint density at radius 1 is 0.958 bits per heavy atom. The number of nitrogens with one attached hydrogen (secondary N) is 1. The summed E-state index contributed by atoms with van der Waals surface area (Å²) in [4.78, 5) is 0. The Bertz CT molecular complexity index is 779. The first-order valence-corrected chi connectivity index (χ1v) is 8.62. The van der Waals surface area contributed by atoms with Crippen molar-refractivity contribution in [2.75, 3.05) is 0 Å². The van der Waals surface area contributed by atoms with Crippen LogP contribution in [0.3, 0.4) is 0 Å². The lowest BCUT2D eigenvalue weighted by Gasteiger charge is -2.08. The van der Waals surface area contributed by atoms with E-state index in [0.29, 0.717) is 17.6 Å². The highest BCUT2D eigenvalue weighted by atomic mass is 35.5. The molecule has 1 aromatic heterocycles. The van der Waals surface area contributed by atoms with Crippen molar-refractivity contribution in [1.29, 1.82) is 0 Å². The van der Waals surface area contributed by atoms with E-state index in [4.69, 9.17) is 16.7 Å². The molecule has 1 N–H and O–H groups in total. The third-order valence-corrected chi connectivity index (χ3v) is 4.36. The van der Waals surface area contributed by atoms with Gasteiger partial charge in [-0.1, -0.05) is 74.0 Å². The van der Waals surface area contributed by atoms with E-state index in [2.05, 4.69) is 43.4 Å². The molecule has 0 radical (unpaired) electrons. The molecule has 3 aromatic rings. The van der Waals surface area contributed by atoms with Gasteiger partial charge in [-0.15, -0.1) is 0 Å². The van der Waals surface area contributed by atoms with Crippen LogP contribution in [-0.4, -0.2) is 9.78 Å². The van der Waals surface area contributed by atoms with E-state index in [-0.39, 0.29) is 0 Å². The van der Waals surface area contributed by atoms with Crippen LogP contribution in [-0.2, 0) is 13.1 Å². The number of rotatable bonds is 6. The van der Waals surface area contributed by atoms with Crippen LogP contribution in [0.25, 0.3) is 5.69 Å². The van der Waals surface area contributed by atoms with Gasteiger partial charge in [-0.05, 0) is 23.6 Å². The maximum atomic E-state index is 6.65. The molecule has 1 heterocycles. The van der Waals surface area contributed by atoms with E-state index < -0.39 is 0 Å². The summed E-state index contributed by atoms with van der Waals surface area (Å²) in [6.45, 7) is 5.81. The van der Waals surface area contributed by atoms with E-state index in [1.807, 2.05) is 41.1 Å². The number of aromatic nitrogens is 2. The molecule has 0 fully saturated rings. The van der Waals surface area contributed by atoms with Gasteiger partial charge < -0.3 is 5.32 Å². The van der Waals surface area contributed by atoms with E-state index in [1.165, 1.54) is 5.56 Å². The first-order valence-electron chi connectivity index (χ1n) is 8.24. The van der Waals surface area contributed by atoms with Crippen LogP contribution in [0.15, 0.2) is 60.7 Å². The van der Waals surface area contributed by atoms with Gasteiger partial charge >= 0.3 is 0 Å². The standard InChI is InChI=1S/C20H22ClN3/c1-15(2)19-18(14-22-13-16-9-5-3-6-10-16)20(21)24(23-19)17-11-7-4-8-12-17/h3-12,15,22H,13-14H2,1-2H3. The number of para-hydroxylation sites is 1. The van der Waals surface area contributed by atoms with Gasteiger partial charge in [0.25, 0.3) is 0 Å². The summed E-state index contributed by atoms with van der Waals surface area (Å²) in [5.74, 6) is 0.320. The van der Waals surface area contributed by atoms with E-state index in [1.54, 1.807) is 0 Å². The van der Waals surface area contributed by atoms with Gasteiger partial charge in [0, 0.05) is 18.7 Å². The topological polar surface area (TPSA) is 29.9 Å². The summed E-state index contributed by atoms with van der Waals surface area (Å²) in [6, 6.07) is 20.4.